The Balaban J connectivity index is 2.23. The van der Waals surface area contributed by atoms with E-state index >= 15 is 0 Å². The third-order valence-corrected chi connectivity index (χ3v) is 3.47. The van der Waals surface area contributed by atoms with E-state index in [0.717, 1.165) is 5.59 Å². The molecule has 0 aliphatic carbocycles. The maximum Gasteiger partial charge on any atom is 0.517 e. The largest absolute Gasteiger partial charge is 0.517 e. The second kappa shape index (κ2) is 3.27. The van der Waals surface area contributed by atoms with Crippen LogP contribution in [0.5, 0.6) is 0 Å². The Morgan fingerprint density at radius 1 is 1.40 bits per heavy atom. The Hall–Kier alpha value is -0.455. The summed E-state index contributed by atoms with van der Waals surface area (Å²) in [5, 5.41) is 4.26. The zero-order valence-electron chi connectivity index (χ0n) is 9.39. The van der Waals surface area contributed by atoms with Gasteiger partial charge in [-0.1, -0.05) is 0 Å². The predicted octanol–water partition coefficient (Wildman–Crippen LogP) is 0.587. The summed E-state index contributed by atoms with van der Waals surface area (Å²) < 4.78 is 13.2. The normalized spacial score (nSPS) is 29.8. The molecule has 0 N–H and O–H groups in total. The minimum atomic E-state index is -0.602. The molecule has 0 saturated carbocycles. The van der Waals surface area contributed by atoms with Crippen LogP contribution in [0, 0.1) is 0 Å². The first kappa shape index (κ1) is 11.0. The summed E-state index contributed by atoms with van der Waals surface area (Å²) in [5.41, 5.74) is 0.349. The van der Waals surface area contributed by atoms with Crippen molar-refractivity contribution in [2.75, 3.05) is 0 Å². The summed E-state index contributed by atoms with van der Waals surface area (Å²) in [6, 6.07) is 1.88. The molecule has 1 aliphatic rings. The maximum absolute atomic E-state index is 5.79. The van der Waals surface area contributed by atoms with Gasteiger partial charge in [0.05, 0.1) is 11.2 Å². The Bertz CT molecular complexity index is 362. The molecule has 1 aromatic heterocycles. The smallest absolute Gasteiger partial charge is 0.397 e. The molecule has 15 heavy (non-hydrogen) atoms. The SMILES string of the molecule is Cn1ccc(B2OC(C)(C)C(C)(S)O2)n1. The summed E-state index contributed by atoms with van der Waals surface area (Å²) in [6.45, 7) is 5.82. The first-order valence-electron chi connectivity index (χ1n) is 4.89. The molecule has 1 aromatic rings. The van der Waals surface area contributed by atoms with E-state index in [1.807, 2.05) is 40.1 Å². The van der Waals surface area contributed by atoms with E-state index in [4.69, 9.17) is 9.31 Å². The van der Waals surface area contributed by atoms with Gasteiger partial charge in [0.25, 0.3) is 0 Å². The lowest BCUT2D eigenvalue weighted by Gasteiger charge is -2.31. The highest BCUT2D eigenvalue weighted by Crippen LogP contribution is 2.39. The number of rotatable bonds is 1. The van der Waals surface area contributed by atoms with Crippen LogP contribution in [-0.4, -0.2) is 27.4 Å². The first-order valence-corrected chi connectivity index (χ1v) is 5.34. The van der Waals surface area contributed by atoms with Crippen molar-refractivity contribution in [3.8, 4) is 0 Å². The third kappa shape index (κ3) is 1.81. The monoisotopic (exact) mass is 226 g/mol. The van der Waals surface area contributed by atoms with Crippen LogP contribution in [0.2, 0.25) is 0 Å². The van der Waals surface area contributed by atoms with Gasteiger partial charge in [0.1, 0.15) is 4.93 Å². The van der Waals surface area contributed by atoms with Crippen LogP contribution in [-0.2, 0) is 16.4 Å². The van der Waals surface area contributed by atoms with Crippen molar-refractivity contribution in [2.24, 2.45) is 7.05 Å². The van der Waals surface area contributed by atoms with Gasteiger partial charge in [0, 0.05) is 13.2 Å². The van der Waals surface area contributed by atoms with E-state index in [9.17, 15) is 0 Å². The second-order valence-electron chi connectivity index (χ2n) is 4.48. The van der Waals surface area contributed by atoms with Gasteiger partial charge in [-0.15, -0.1) is 12.6 Å². The van der Waals surface area contributed by atoms with Gasteiger partial charge in [0.2, 0.25) is 0 Å². The molecule has 6 heteroatoms. The summed E-state index contributed by atoms with van der Waals surface area (Å²) >= 11 is 4.46. The van der Waals surface area contributed by atoms with E-state index < -0.39 is 17.7 Å². The molecule has 1 saturated heterocycles. The molecule has 1 atom stereocenters. The average molecular weight is 226 g/mol. The molecule has 1 fully saturated rings. The van der Waals surface area contributed by atoms with Crippen LogP contribution in [0.4, 0.5) is 0 Å². The van der Waals surface area contributed by atoms with Gasteiger partial charge in [-0.05, 0) is 26.8 Å². The zero-order chi connectivity index (χ0) is 11.3. The van der Waals surface area contributed by atoms with Crippen LogP contribution in [0.15, 0.2) is 12.3 Å². The highest BCUT2D eigenvalue weighted by Gasteiger charge is 2.53. The van der Waals surface area contributed by atoms with Crippen LogP contribution < -0.4 is 5.59 Å². The molecule has 4 nitrogen and oxygen atoms in total. The standard InChI is InChI=1S/C9H15BN2O2S/c1-8(2)9(3,15)14-10(13-8)7-5-6-12(4)11-7/h5-6,15H,1-4H3. The minimum Gasteiger partial charge on any atom is -0.397 e. The van der Waals surface area contributed by atoms with Crippen molar-refractivity contribution < 1.29 is 9.31 Å². The van der Waals surface area contributed by atoms with Crippen LogP contribution in [0.25, 0.3) is 0 Å². The number of hydrogen-bond donors (Lipinski definition) is 1. The number of thiol groups is 1. The Morgan fingerprint density at radius 3 is 2.47 bits per heavy atom. The molecule has 2 heterocycles. The van der Waals surface area contributed by atoms with E-state index in [-0.39, 0.29) is 0 Å². The van der Waals surface area contributed by atoms with Crippen molar-refractivity contribution in [1.29, 1.82) is 0 Å². The molecule has 0 aromatic carbocycles. The highest BCUT2D eigenvalue weighted by molar-refractivity contribution is 7.81. The number of nitrogens with zero attached hydrogens (tertiary/aromatic N) is 2. The van der Waals surface area contributed by atoms with E-state index in [0.29, 0.717) is 0 Å². The Kier molecular flexibility index (Phi) is 2.40. The van der Waals surface area contributed by atoms with Crippen molar-refractivity contribution >= 4 is 25.3 Å². The van der Waals surface area contributed by atoms with Gasteiger partial charge in [-0.3, -0.25) is 4.68 Å². The summed E-state index contributed by atoms with van der Waals surface area (Å²) in [7, 11) is 1.44. The molecular formula is C9H15BN2O2S. The van der Waals surface area contributed by atoms with Crippen LogP contribution in [0.1, 0.15) is 20.8 Å². The van der Waals surface area contributed by atoms with E-state index in [2.05, 4.69) is 17.7 Å². The molecule has 1 unspecified atom stereocenters. The molecule has 1 aliphatic heterocycles. The maximum atomic E-state index is 5.79. The third-order valence-electron chi connectivity index (χ3n) is 2.83. The lowest BCUT2D eigenvalue weighted by Crippen LogP contribution is -2.39. The predicted molar refractivity (Wildman–Crippen MR) is 62.2 cm³/mol. The van der Waals surface area contributed by atoms with Crippen LogP contribution in [0.3, 0.4) is 0 Å². The van der Waals surface area contributed by atoms with Gasteiger partial charge >= 0.3 is 7.12 Å². The molecule has 82 valence electrons. The summed E-state index contributed by atoms with van der Waals surface area (Å²) in [6.07, 6.45) is 1.86. The number of aryl methyl sites for hydroxylation is 1. The molecule has 0 spiro atoms. The summed E-state index contributed by atoms with van der Waals surface area (Å²) in [4.78, 5) is -0.602. The summed E-state index contributed by atoms with van der Waals surface area (Å²) in [5.74, 6) is 0. The van der Waals surface area contributed by atoms with Crippen molar-refractivity contribution in [2.45, 2.75) is 31.3 Å². The van der Waals surface area contributed by atoms with Gasteiger partial charge < -0.3 is 9.31 Å². The minimum absolute atomic E-state index is 0.427. The molecular weight excluding hydrogens is 211 g/mol. The Morgan fingerprint density at radius 2 is 2.07 bits per heavy atom. The lowest BCUT2D eigenvalue weighted by atomic mass is 9.85. The van der Waals surface area contributed by atoms with Gasteiger partial charge in [-0.25, -0.2) is 0 Å². The quantitative estimate of drug-likeness (QED) is 0.562. The van der Waals surface area contributed by atoms with Crippen molar-refractivity contribution in [3.05, 3.63) is 12.3 Å². The van der Waals surface area contributed by atoms with Crippen molar-refractivity contribution in [3.63, 3.8) is 0 Å². The second-order valence-corrected chi connectivity index (χ2v) is 5.33. The molecule has 0 radical (unpaired) electrons. The van der Waals surface area contributed by atoms with Gasteiger partial charge in [-0.2, -0.15) is 5.10 Å². The topological polar surface area (TPSA) is 36.3 Å². The average Bonchev–Trinajstić information content (AvgIpc) is 2.56. The van der Waals surface area contributed by atoms with E-state index in [1.165, 1.54) is 0 Å². The lowest BCUT2D eigenvalue weighted by molar-refractivity contribution is 0.0619. The fourth-order valence-electron chi connectivity index (χ4n) is 1.43. The fourth-order valence-corrected chi connectivity index (χ4v) is 1.58. The number of aromatic nitrogens is 2. The Labute approximate surface area is 95.5 Å². The van der Waals surface area contributed by atoms with Crippen molar-refractivity contribution in [1.82, 2.24) is 9.78 Å². The zero-order valence-corrected chi connectivity index (χ0v) is 10.3. The number of hydrogen-bond acceptors (Lipinski definition) is 4. The van der Waals surface area contributed by atoms with Crippen LogP contribution >= 0.6 is 12.6 Å². The fraction of sp³-hybridized carbons (Fsp3) is 0.667. The highest BCUT2D eigenvalue weighted by atomic mass is 32.1. The molecule has 0 amide bonds. The van der Waals surface area contributed by atoms with Gasteiger partial charge in [0.15, 0.2) is 0 Å². The first-order chi connectivity index (χ1) is 6.82. The van der Waals surface area contributed by atoms with E-state index in [1.54, 1.807) is 4.68 Å². The molecule has 0 bridgehead atoms. The molecule has 2 rings (SSSR count).